The van der Waals surface area contributed by atoms with E-state index in [0.29, 0.717) is 35.9 Å². The first-order valence-electron chi connectivity index (χ1n) is 12.6. The number of ether oxygens (including phenoxy) is 1. The van der Waals surface area contributed by atoms with E-state index in [1.807, 2.05) is 19.2 Å². The lowest BCUT2D eigenvalue weighted by Gasteiger charge is -2.37. The summed E-state index contributed by atoms with van der Waals surface area (Å²) in [5, 5.41) is 13.5. The molecule has 37 heavy (non-hydrogen) atoms. The monoisotopic (exact) mass is 508 g/mol. The molecule has 2 aliphatic rings. The normalized spacial score (nSPS) is 21.5. The van der Waals surface area contributed by atoms with Gasteiger partial charge < -0.3 is 30.2 Å². The lowest BCUT2D eigenvalue weighted by Crippen LogP contribution is -2.63. The molecule has 2 fully saturated rings. The van der Waals surface area contributed by atoms with Crippen molar-refractivity contribution < 1.29 is 14.3 Å². The average molecular weight is 509 g/mol. The molecule has 3 aromatic rings. The Bertz CT molecular complexity index is 1370. The van der Waals surface area contributed by atoms with Crippen LogP contribution in [0.1, 0.15) is 49.1 Å². The van der Waals surface area contributed by atoms with Crippen LogP contribution in [-0.2, 0) is 9.53 Å². The molecule has 0 bridgehead atoms. The van der Waals surface area contributed by atoms with Crippen LogP contribution in [0.5, 0.6) is 0 Å². The second kappa shape index (κ2) is 10.2. The minimum atomic E-state index is -0.551. The Morgan fingerprint density at radius 3 is 2.65 bits per heavy atom. The predicted molar refractivity (Wildman–Crippen MR) is 138 cm³/mol. The van der Waals surface area contributed by atoms with Gasteiger partial charge in [0, 0.05) is 45.6 Å². The van der Waals surface area contributed by atoms with Crippen LogP contribution in [0, 0.1) is 0 Å². The lowest BCUT2D eigenvalue weighted by atomic mass is 9.92. The number of carbonyl (C=O) groups is 2. The van der Waals surface area contributed by atoms with Crippen molar-refractivity contribution in [2.24, 2.45) is 0 Å². The molecule has 4 heterocycles. The molecule has 1 saturated carbocycles. The van der Waals surface area contributed by atoms with Gasteiger partial charge in [0.15, 0.2) is 17.2 Å². The smallest absolute Gasteiger partial charge is 0.274 e. The first-order chi connectivity index (χ1) is 17.9. The number of likely N-dealkylation sites (N-methyl/N-ethyl adjacent to an activating group) is 1. The Balaban J connectivity index is 1.40. The second-order valence-electron chi connectivity index (χ2n) is 9.40. The van der Waals surface area contributed by atoms with Crippen LogP contribution in [0.15, 0.2) is 35.4 Å². The maximum atomic E-state index is 13.3. The van der Waals surface area contributed by atoms with Crippen molar-refractivity contribution in [3.63, 3.8) is 0 Å². The van der Waals surface area contributed by atoms with Crippen molar-refractivity contribution in [1.82, 2.24) is 29.4 Å². The van der Waals surface area contributed by atoms with Gasteiger partial charge in [-0.15, -0.1) is 5.10 Å². The number of aromatic nitrogens is 4. The summed E-state index contributed by atoms with van der Waals surface area (Å²) in [5.74, 6) is -0.173. The van der Waals surface area contributed by atoms with Crippen LogP contribution < -0.4 is 21.5 Å². The minimum absolute atomic E-state index is 0.105. The molecule has 1 atom stereocenters. The average Bonchev–Trinajstić information content (AvgIpc) is 3.35. The van der Waals surface area contributed by atoms with E-state index in [4.69, 9.17) is 4.74 Å². The number of anilines is 3. The summed E-state index contributed by atoms with van der Waals surface area (Å²) >= 11 is 0. The number of β-lactam (4-membered cyclic amide) rings is 1. The number of fused-ring (bicyclic) bond motifs is 1. The van der Waals surface area contributed by atoms with E-state index in [-0.39, 0.29) is 29.3 Å². The third-order valence-corrected chi connectivity index (χ3v) is 7.28. The van der Waals surface area contributed by atoms with Gasteiger partial charge in [-0.05, 0) is 44.7 Å². The Kier molecular flexibility index (Phi) is 6.83. The maximum absolute atomic E-state index is 13.3. The standard InChI is InChI=1S/C25H32N8O4/c1-4-31-14-19(24(31)35)29-23(34)20-13-27-22-18(26-2)12-21(30-33(20)22)28-17-6-5-11-32(25(17)36)15-7-9-16(37-3)10-8-15/h5-6,11-13,15-16,19,26H,4,7-10,14H2,1-3H3,(H,28,30)(H,29,34)/t15?,16?,19-/m1/s1. The molecular formula is C25H32N8O4. The van der Waals surface area contributed by atoms with Gasteiger partial charge in [0.05, 0.1) is 18.0 Å². The molecule has 1 saturated heterocycles. The van der Waals surface area contributed by atoms with Crippen molar-refractivity contribution in [3.8, 4) is 0 Å². The zero-order valence-electron chi connectivity index (χ0n) is 21.2. The van der Waals surface area contributed by atoms with Gasteiger partial charge in [-0.2, -0.15) is 0 Å². The topological polar surface area (TPSA) is 135 Å². The summed E-state index contributed by atoms with van der Waals surface area (Å²) in [6.45, 7) is 2.98. The van der Waals surface area contributed by atoms with Crippen LogP contribution in [0.2, 0.25) is 0 Å². The molecule has 196 valence electrons. The van der Waals surface area contributed by atoms with Gasteiger partial charge in [-0.1, -0.05) is 0 Å². The number of rotatable bonds is 8. The third kappa shape index (κ3) is 4.64. The Hall–Kier alpha value is -3.93. The zero-order valence-corrected chi connectivity index (χ0v) is 21.2. The highest BCUT2D eigenvalue weighted by Gasteiger charge is 2.37. The highest BCUT2D eigenvalue weighted by molar-refractivity contribution is 5.99. The molecule has 1 aliphatic carbocycles. The number of pyridine rings is 1. The molecule has 12 heteroatoms. The van der Waals surface area contributed by atoms with E-state index in [2.05, 4.69) is 26.0 Å². The van der Waals surface area contributed by atoms with Gasteiger partial charge in [0.1, 0.15) is 11.7 Å². The molecule has 5 rings (SSSR count). The lowest BCUT2D eigenvalue weighted by molar-refractivity contribution is -0.143. The number of hydrogen-bond acceptors (Lipinski definition) is 8. The number of imidazole rings is 1. The van der Waals surface area contributed by atoms with E-state index in [1.54, 1.807) is 35.8 Å². The fourth-order valence-corrected chi connectivity index (χ4v) is 5.08. The maximum Gasteiger partial charge on any atom is 0.274 e. The summed E-state index contributed by atoms with van der Waals surface area (Å²) in [5.41, 5.74) is 1.52. The quantitative estimate of drug-likeness (QED) is 0.392. The van der Waals surface area contributed by atoms with Crippen molar-refractivity contribution in [1.29, 1.82) is 0 Å². The number of likely N-dealkylation sites (tertiary alicyclic amines) is 1. The van der Waals surface area contributed by atoms with Crippen molar-refractivity contribution in [2.75, 3.05) is 37.9 Å². The Labute approximate surface area is 214 Å². The number of nitrogens with zero attached hydrogens (tertiary/aromatic N) is 5. The molecule has 1 aliphatic heterocycles. The number of methoxy groups -OCH3 is 1. The number of hydrogen-bond donors (Lipinski definition) is 3. The van der Waals surface area contributed by atoms with Crippen molar-refractivity contribution in [2.45, 2.75) is 50.8 Å². The molecule has 12 nitrogen and oxygen atoms in total. The SMILES string of the molecule is CCN1C[C@@H](NC(=O)c2cnc3c(NC)cc(Nc4cccn(C5CCC(OC)CC5)c4=O)nn23)C1=O. The van der Waals surface area contributed by atoms with E-state index in [9.17, 15) is 14.4 Å². The molecular weight excluding hydrogens is 476 g/mol. The molecule has 0 spiro atoms. The van der Waals surface area contributed by atoms with Crippen LogP contribution in [0.25, 0.3) is 5.65 Å². The van der Waals surface area contributed by atoms with Gasteiger partial charge in [0.25, 0.3) is 11.5 Å². The largest absolute Gasteiger partial charge is 0.385 e. The number of nitrogens with one attached hydrogen (secondary N) is 3. The second-order valence-corrected chi connectivity index (χ2v) is 9.40. The van der Waals surface area contributed by atoms with Crippen molar-refractivity contribution in [3.05, 3.63) is 46.6 Å². The molecule has 3 aromatic heterocycles. The van der Waals surface area contributed by atoms with Crippen LogP contribution in [0.4, 0.5) is 17.2 Å². The third-order valence-electron chi connectivity index (χ3n) is 7.28. The van der Waals surface area contributed by atoms with E-state index in [0.717, 1.165) is 25.7 Å². The first-order valence-corrected chi connectivity index (χ1v) is 12.6. The summed E-state index contributed by atoms with van der Waals surface area (Å²) in [7, 11) is 3.47. The van der Waals surface area contributed by atoms with Gasteiger partial charge in [-0.3, -0.25) is 14.4 Å². The van der Waals surface area contributed by atoms with E-state index >= 15 is 0 Å². The molecule has 2 amide bonds. The molecule has 0 unspecified atom stereocenters. The fraction of sp³-hybridized carbons (Fsp3) is 0.480. The number of amides is 2. The minimum Gasteiger partial charge on any atom is -0.385 e. The Morgan fingerprint density at radius 2 is 1.97 bits per heavy atom. The molecule has 0 radical (unpaired) electrons. The highest BCUT2D eigenvalue weighted by Crippen LogP contribution is 2.29. The van der Waals surface area contributed by atoms with Crippen LogP contribution >= 0.6 is 0 Å². The Morgan fingerprint density at radius 1 is 1.19 bits per heavy atom. The summed E-state index contributed by atoms with van der Waals surface area (Å²) < 4.78 is 8.65. The van der Waals surface area contributed by atoms with Crippen molar-refractivity contribution >= 4 is 34.7 Å². The summed E-state index contributed by atoms with van der Waals surface area (Å²) in [4.78, 5) is 44.4. The van der Waals surface area contributed by atoms with Gasteiger partial charge >= 0.3 is 0 Å². The van der Waals surface area contributed by atoms with Crippen LogP contribution in [0.3, 0.4) is 0 Å². The zero-order chi connectivity index (χ0) is 26.1. The fourth-order valence-electron chi connectivity index (χ4n) is 5.08. The van der Waals surface area contributed by atoms with Gasteiger partial charge in [0.2, 0.25) is 5.91 Å². The summed E-state index contributed by atoms with van der Waals surface area (Å²) in [6.07, 6.45) is 7.09. The molecule has 0 aromatic carbocycles. The van der Waals surface area contributed by atoms with E-state index < -0.39 is 11.9 Å². The molecule has 3 N–H and O–H groups in total. The van der Waals surface area contributed by atoms with Crippen LogP contribution in [-0.4, -0.2) is 75.3 Å². The first kappa shape index (κ1) is 24.8. The van der Waals surface area contributed by atoms with E-state index in [1.165, 1.54) is 10.7 Å². The van der Waals surface area contributed by atoms with Gasteiger partial charge in [-0.25, -0.2) is 9.50 Å². The predicted octanol–water partition coefficient (Wildman–Crippen LogP) is 1.77. The summed E-state index contributed by atoms with van der Waals surface area (Å²) in [6, 6.07) is 4.86. The highest BCUT2D eigenvalue weighted by atomic mass is 16.5. The number of carbonyl (C=O) groups excluding carboxylic acids is 2.